The average Bonchev–Trinajstić information content (AvgIpc) is 3.00. The molecule has 0 spiro atoms. The van der Waals surface area contributed by atoms with E-state index < -0.39 is 0 Å². The minimum Gasteiger partial charge on any atom is -0.338 e. The second-order valence-electron chi connectivity index (χ2n) is 5.77. The van der Waals surface area contributed by atoms with Crippen molar-refractivity contribution in [3.8, 4) is 0 Å². The molecule has 1 heterocycles. The summed E-state index contributed by atoms with van der Waals surface area (Å²) in [6.07, 6.45) is 3.83. The van der Waals surface area contributed by atoms with Gasteiger partial charge < -0.3 is 10.2 Å². The lowest BCUT2D eigenvalue weighted by atomic mass is 9.91. The summed E-state index contributed by atoms with van der Waals surface area (Å²) in [5.74, 6) is -0.257. The minimum atomic E-state index is -0.257. The second-order valence-corrected chi connectivity index (χ2v) is 6.48. The Hall–Kier alpha value is -1.95. The van der Waals surface area contributed by atoms with Gasteiger partial charge >= 0.3 is 6.03 Å². The highest BCUT2D eigenvalue weighted by Gasteiger charge is 2.29. The predicted molar refractivity (Wildman–Crippen MR) is 88.8 cm³/mol. The van der Waals surface area contributed by atoms with E-state index in [0.29, 0.717) is 25.1 Å². The van der Waals surface area contributed by atoms with Gasteiger partial charge in [0, 0.05) is 30.0 Å². The van der Waals surface area contributed by atoms with Crippen LogP contribution in [-0.2, 0) is 13.0 Å². The van der Waals surface area contributed by atoms with Crippen LogP contribution in [0, 0.1) is 5.82 Å². The van der Waals surface area contributed by atoms with Crippen LogP contribution in [-0.4, -0.2) is 28.5 Å². The zero-order chi connectivity index (χ0) is 16.1. The van der Waals surface area contributed by atoms with Gasteiger partial charge in [-0.3, -0.25) is 0 Å². The highest BCUT2D eigenvalue weighted by Crippen LogP contribution is 2.26. The number of nitrogens with one attached hydrogen (secondary N) is 1. The largest absolute Gasteiger partial charge is 0.338 e. The molecule has 0 saturated heterocycles. The van der Waals surface area contributed by atoms with Crippen molar-refractivity contribution in [2.75, 3.05) is 6.54 Å². The standard InChI is InChI=1S/C17H20FN3OS/c18-16-7-2-1-4-13(16)10-21(15-5-3-6-15)17(22)19-9-8-14-11-23-12-20-14/h1-2,4,7,11-12,15H,3,5-6,8-10H2,(H,19,22). The molecule has 1 fully saturated rings. The Bertz CT molecular complexity index is 643. The molecule has 0 atom stereocenters. The van der Waals surface area contributed by atoms with E-state index in [1.54, 1.807) is 39.9 Å². The molecule has 0 unspecified atom stereocenters. The molecule has 23 heavy (non-hydrogen) atoms. The van der Waals surface area contributed by atoms with Crippen LogP contribution in [0.1, 0.15) is 30.5 Å². The number of aromatic nitrogens is 1. The fraction of sp³-hybridized carbons (Fsp3) is 0.412. The summed E-state index contributed by atoms with van der Waals surface area (Å²) in [5.41, 5.74) is 3.34. The molecule has 4 nitrogen and oxygen atoms in total. The van der Waals surface area contributed by atoms with Crippen LogP contribution in [0.25, 0.3) is 0 Å². The maximum absolute atomic E-state index is 13.9. The van der Waals surface area contributed by atoms with Gasteiger partial charge in [-0.25, -0.2) is 14.2 Å². The number of hydrogen-bond donors (Lipinski definition) is 1. The Kier molecular flexibility index (Phi) is 5.23. The van der Waals surface area contributed by atoms with Crippen molar-refractivity contribution in [1.29, 1.82) is 0 Å². The molecule has 1 aromatic heterocycles. The van der Waals surface area contributed by atoms with Crippen LogP contribution in [0.2, 0.25) is 0 Å². The first-order chi connectivity index (χ1) is 11.2. The number of benzene rings is 1. The number of carbonyl (C=O) groups is 1. The van der Waals surface area contributed by atoms with Crippen LogP contribution < -0.4 is 5.32 Å². The Balaban J connectivity index is 1.59. The van der Waals surface area contributed by atoms with Gasteiger partial charge in [0.05, 0.1) is 17.7 Å². The monoisotopic (exact) mass is 333 g/mol. The molecule has 0 radical (unpaired) electrons. The van der Waals surface area contributed by atoms with Gasteiger partial charge in [0.15, 0.2) is 0 Å². The fourth-order valence-corrected chi connectivity index (χ4v) is 3.23. The van der Waals surface area contributed by atoms with Crippen molar-refractivity contribution < 1.29 is 9.18 Å². The minimum absolute atomic E-state index is 0.117. The summed E-state index contributed by atoms with van der Waals surface area (Å²) in [4.78, 5) is 18.5. The smallest absolute Gasteiger partial charge is 0.317 e. The van der Waals surface area contributed by atoms with Crippen molar-refractivity contribution in [2.24, 2.45) is 0 Å². The summed E-state index contributed by atoms with van der Waals surface area (Å²) < 4.78 is 13.9. The first kappa shape index (κ1) is 15.9. The van der Waals surface area contributed by atoms with E-state index in [0.717, 1.165) is 25.0 Å². The Labute approximate surface area is 139 Å². The van der Waals surface area contributed by atoms with Crippen LogP contribution >= 0.6 is 11.3 Å². The van der Waals surface area contributed by atoms with Crippen LogP contribution in [0.4, 0.5) is 9.18 Å². The highest BCUT2D eigenvalue weighted by molar-refractivity contribution is 7.07. The SMILES string of the molecule is O=C(NCCc1cscn1)N(Cc1ccccc1F)C1CCC1. The molecule has 3 rings (SSSR count). The molecule has 6 heteroatoms. The quantitative estimate of drug-likeness (QED) is 0.878. The lowest BCUT2D eigenvalue weighted by Gasteiger charge is -2.37. The Morgan fingerprint density at radius 3 is 2.87 bits per heavy atom. The van der Waals surface area contributed by atoms with Crippen LogP contribution in [0.15, 0.2) is 35.2 Å². The average molecular weight is 333 g/mol. The zero-order valence-corrected chi connectivity index (χ0v) is 13.7. The van der Waals surface area contributed by atoms with Gasteiger partial charge in [0.1, 0.15) is 5.82 Å². The Morgan fingerprint density at radius 2 is 2.22 bits per heavy atom. The molecule has 122 valence electrons. The number of carbonyl (C=O) groups excluding carboxylic acids is 1. The molecule has 1 aliphatic rings. The highest BCUT2D eigenvalue weighted by atomic mass is 32.1. The summed E-state index contributed by atoms with van der Waals surface area (Å²) in [6, 6.07) is 6.75. The van der Waals surface area contributed by atoms with Gasteiger partial charge in [-0.1, -0.05) is 18.2 Å². The number of hydrogen-bond acceptors (Lipinski definition) is 3. The van der Waals surface area contributed by atoms with E-state index in [4.69, 9.17) is 0 Å². The normalized spacial score (nSPS) is 14.3. The predicted octanol–water partition coefficient (Wildman–Crippen LogP) is 3.59. The fourth-order valence-electron chi connectivity index (χ4n) is 2.64. The number of nitrogens with zero attached hydrogens (tertiary/aromatic N) is 2. The number of halogens is 1. The first-order valence-corrected chi connectivity index (χ1v) is 8.83. The Morgan fingerprint density at radius 1 is 1.39 bits per heavy atom. The molecule has 1 aromatic carbocycles. The number of thiazole rings is 1. The van der Waals surface area contributed by atoms with Crippen molar-refractivity contribution in [2.45, 2.75) is 38.3 Å². The van der Waals surface area contributed by atoms with Crippen molar-refractivity contribution >= 4 is 17.4 Å². The van der Waals surface area contributed by atoms with Crippen molar-refractivity contribution in [3.05, 3.63) is 52.2 Å². The lowest BCUT2D eigenvalue weighted by Crippen LogP contribution is -2.49. The maximum atomic E-state index is 13.9. The van der Waals surface area contributed by atoms with E-state index in [2.05, 4.69) is 10.3 Å². The molecular weight excluding hydrogens is 313 g/mol. The molecule has 1 saturated carbocycles. The van der Waals surface area contributed by atoms with E-state index in [1.165, 1.54) is 6.07 Å². The summed E-state index contributed by atoms with van der Waals surface area (Å²) in [5, 5.41) is 4.92. The van der Waals surface area contributed by atoms with Crippen molar-refractivity contribution in [1.82, 2.24) is 15.2 Å². The van der Waals surface area contributed by atoms with E-state index in [-0.39, 0.29) is 17.9 Å². The zero-order valence-electron chi connectivity index (χ0n) is 12.9. The van der Waals surface area contributed by atoms with Gasteiger partial charge in [-0.05, 0) is 25.3 Å². The summed E-state index contributed by atoms with van der Waals surface area (Å²) in [7, 11) is 0. The molecule has 1 aliphatic carbocycles. The third kappa shape index (κ3) is 4.07. The number of rotatable bonds is 6. The van der Waals surface area contributed by atoms with E-state index in [9.17, 15) is 9.18 Å². The molecule has 2 aromatic rings. The summed E-state index contributed by atoms with van der Waals surface area (Å²) >= 11 is 1.55. The van der Waals surface area contributed by atoms with E-state index >= 15 is 0 Å². The lowest BCUT2D eigenvalue weighted by molar-refractivity contribution is 0.132. The molecule has 1 N–H and O–H groups in total. The second kappa shape index (κ2) is 7.55. The van der Waals surface area contributed by atoms with Crippen LogP contribution in [0.3, 0.4) is 0 Å². The van der Waals surface area contributed by atoms with E-state index in [1.807, 2.05) is 5.38 Å². The van der Waals surface area contributed by atoms with Gasteiger partial charge in [-0.15, -0.1) is 11.3 Å². The van der Waals surface area contributed by atoms with Gasteiger partial charge in [0.25, 0.3) is 0 Å². The molecular formula is C17H20FN3OS. The first-order valence-electron chi connectivity index (χ1n) is 7.89. The maximum Gasteiger partial charge on any atom is 0.317 e. The van der Waals surface area contributed by atoms with Crippen LogP contribution in [0.5, 0.6) is 0 Å². The molecule has 0 bridgehead atoms. The third-order valence-electron chi connectivity index (χ3n) is 4.22. The third-order valence-corrected chi connectivity index (χ3v) is 4.85. The van der Waals surface area contributed by atoms with Gasteiger partial charge in [-0.2, -0.15) is 0 Å². The molecule has 0 aliphatic heterocycles. The topological polar surface area (TPSA) is 45.2 Å². The van der Waals surface area contributed by atoms with Crippen molar-refractivity contribution in [3.63, 3.8) is 0 Å². The summed E-state index contributed by atoms with van der Waals surface area (Å²) in [6.45, 7) is 0.864. The molecule has 2 amide bonds. The number of amides is 2. The number of urea groups is 1. The van der Waals surface area contributed by atoms with Gasteiger partial charge in [0.2, 0.25) is 0 Å².